The number of aliphatic hydroxyl groups is 1. The van der Waals surface area contributed by atoms with Gasteiger partial charge in [0.1, 0.15) is 0 Å². The van der Waals surface area contributed by atoms with Crippen LogP contribution in [0.4, 0.5) is 0 Å². The molecule has 0 aromatic carbocycles. The molecule has 1 heteroatoms. The van der Waals surface area contributed by atoms with E-state index in [4.69, 9.17) is 0 Å². The highest BCUT2D eigenvalue weighted by molar-refractivity contribution is 5.19. The van der Waals surface area contributed by atoms with E-state index in [1.807, 2.05) is 25.2 Å². The van der Waals surface area contributed by atoms with E-state index in [1.54, 1.807) is 0 Å². The molecule has 0 saturated heterocycles. The van der Waals surface area contributed by atoms with Crippen molar-refractivity contribution in [2.75, 3.05) is 0 Å². The zero-order valence-electron chi connectivity index (χ0n) is 7.53. The summed E-state index contributed by atoms with van der Waals surface area (Å²) in [5, 5.41) is 9.63. The summed E-state index contributed by atoms with van der Waals surface area (Å²) < 4.78 is 0. The lowest BCUT2D eigenvalue weighted by molar-refractivity contribution is 0.0772. The molecule has 0 aromatic rings. The van der Waals surface area contributed by atoms with Crippen molar-refractivity contribution >= 4 is 0 Å². The van der Waals surface area contributed by atoms with Crippen molar-refractivity contribution < 1.29 is 5.11 Å². The molecule has 1 aliphatic rings. The van der Waals surface area contributed by atoms with Crippen molar-refractivity contribution in [2.24, 2.45) is 5.41 Å². The quantitative estimate of drug-likeness (QED) is 0.635. The predicted octanol–water partition coefficient (Wildman–Crippen LogP) is 2.45. The van der Waals surface area contributed by atoms with Crippen molar-refractivity contribution in [1.29, 1.82) is 0 Å². The maximum absolute atomic E-state index is 9.63. The molecule has 0 aliphatic heterocycles. The summed E-state index contributed by atoms with van der Waals surface area (Å²) in [6, 6.07) is 0. The van der Waals surface area contributed by atoms with Gasteiger partial charge in [0, 0.05) is 5.41 Å². The van der Waals surface area contributed by atoms with Crippen LogP contribution < -0.4 is 0 Å². The van der Waals surface area contributed by atoms with Gasteiger partial charge in [0.15, 0.2) is 0 Å². The average molecular weight is 164 g/mol. The zero-order valence-corrected chi connectivity index (χ0v) is 7.53. The Morgan fingerprint density at radius 3 is 2.83 bits per heavy atom. The zero-order chi connectivity index (χ0) is 9.03. The summed E-state index contributed by atoms with van der Waals surface area (Å²) in [6.45, 7) is 5.55. The molecule has 0 heterocycles. The van der Waals surface area contributed by atoms with E-state index in [1.165, 1.54) is 0 Å². The Kier molecular flexibility index (Phi) is 2.88. The third kappa shape index (κ3) is 1.67. The first-order valence-electron chi connectivity index (χ1n) is 4.34. The largest absolute Gasteiger partial charge is 0.392 e. The monoisotopic (exact) mass is 164 g/mol. The number of rotatable bonds is 3. The minimum absolute atomic E-state index is 0.101. The Labute approximate surface area is 74.1 Å². The molecule has 2 unspecified atom stereocenters. The maximum Gasteiger partial charge on any atom is 0.0608 e. The third-order valence-corrected chi connectivity index (χ3v) is 2.53. The van der Waals surface area contributed by atoms with Gasteiger partial charge in [-0.25, -0.2) is 0 Å². The molecule has 1 N–H and O–H groups in total. The van der Waals surface area contributed by atoms with Crippen molar-refractivity contribution in [1.82, 2.24) is 0 Å². The van der Waals surface area contributed by atoms with Gasteiger partial charge in [-0.3, -0.25) is 0 Å². The molecule has 0 amide bonds. The Morgan fingerprint density at radius 2 is 2.42 bits per heavy atom. The summed E-state index contributed by atoms with van der Waals surface area (Å²) in [4.78, 5) is 0. The molecule has 0 saturated carbocycles. The summed E-state index contributed by atoms with van der Waals surface area (Å²) in [7, 11) is 0. The fourth-order valence-corrected chi connectivity index (χ4v) is 1.58. The van der Waals surface area contributed by atoms with Crippen LogP contribution in [0.2, 0.25) is 0 Å². The van der Waals surface area contributed by atoms with Gasteiger partial charge in [-0.15, -0.1) is 6.58 Å². The number of aliphatic hydroxyl groups excluding tert-OH is 1. The molecule has 0 spiro atoms. The summed E-state index contributed by atoms with van der Waals surface area (Å²) in [5.41, 5.74) is -0.101. The van der Waals surface area contributed by atoms with E-state index in [9.17, 15) is 5.11 Å². The summed E-state index contributed by atoms with van der Waals surface area (Å²) in [6.07, 6.45) is 11.5. The Hall–Kier alpha value is -0.820. The molecular weight excluding hydrogens is 148 g/mol. The Balaban J connectivity index is 2.79. The summed E-state index contributed by atoms with van der Waals surface area (Å²) >= 11 is 0. The van der Waals surface area contributed by atoms with Crippen LogP contribution in [0.1, 0.15) is 19.8 Å². The second-order valence-corrected chi connectivity index (χ2v) is 3.39. The predicted molar refractivity (Wildman–Crippen MR) is 51.8 cm³/mol. The van der Waals surface area contributed by atoms with Crippen molar-refractivity contribution in [3.8, 4) is 0 Å². The fourth-order valence-electron chi connectivity index (χ4n) is 1.58. The lowest BCUT2D eigenvalue weighted by Crippen LogP contribution is -2.30. The molecule has 2 atom stereocenters. The molecule has 12 heavy (non-hydrogen) atoms. The number of allylic oxidation sites excluding steroid dienone is 4. The van der Waals surface area contributed by atoms with Crippen molar-refractivity contribution in [3.05, 3.63) is 37.0 Å². The lowest BCUT2D eigenvalue weighted by atomic mass is 9.74. The van der Waals surface area contributed by atoms with Crippen LogP contribution in [0.15, 0.2) is 37.0 Å². The first-order valence-corrected chi connectivity index (χ1v) is 4.34. The number of hydrogen-bond acceptors (Lipinski definition) is 1. The lowest BCUT2D eigenvalue weighted by Gasteiger charge is -2.33. The van der Waals surface area contributed by atoms with Crippen LogP contribution in [0.25, 0.3) is 0 Å². The molecule has 66 valence electrons. The van der Waals surface area contributed by atoms with Crippen LogP contribution in [0, 0.1) is 5.41 Å². The molecule has 1 nitrogen and oxygen atoms in total. The van der Waals surface area contributed by atoms with Crippen LogP contribution in [0.5, 0.6) is 0 Å². The highest BCUT2D eigenvalue weighted by Crippen LogP contribution is 2.35. The topological polar surface area (TPSA) is 20.2 Å². The first kappa shape index (κ1) is 9.27. The standard InChI is InChI=1S/C11H16O/c1-3-7-11(10(2)12)8-5-4-6-9-11/h3-6,8,10,12H,1,7,9H2,2H3. The van der Waals surface area contributed by atoms with Gasteiger partial charge in [-0.2, -0.15) is 0 Å². The van der Waals surface area contributed by atoms with E-state index in [2.05, 4.69) is 18.7 Å². The molecule has 0 aromatic heterocycles. The summed E-state index contributed by atoms with van der Waals surface area (Å²) in [5.74, 6) is 0. The van der Waals surface area contributed by atoms with E-state index < -0.39 is 0 Å². The molecule has 0 bridgehead atoms. The van der Waals surface area contributed by atoms with E-state index in [-0.39, 0.29) is 11.5 Å². The number of hydrogen-bond donors (Lipinski definition) is 1. The van der Waals surface area contributed by atoms with Gasteiger partial charge >= 0.3 is 0 Å². The smallest absolute Gasteiger partial charge is 0.0608 e. The van der Waals surface area contributed by atoms with Gasteiger partial charge in [-0.1, -0.05) is 30.4 Å². The second-order valence-electron chi connectivity index (χ2n) is 3.39. The Morgan fingerprint density at radius 1 is 1.67 bits per heavy atom. The van der Waals surface area contributed by atoms with Gasteiger partial charge in [0.25, 0.3) is 0 Å². The van der Waals surface area contributed by atoms with Gasteiger partial charge in [-0.05, 0) is 19.8 Å². The second kappa shape index (κ2) is 3.72. The molecule has 0 radical (unpaired) electrons. The van der Waals surface area contributed by atoms with E-state index in [0.717, 1.165) is 12.8 Å². The molecular formula is C11H16O. The molecule has 0 fully saturated rings. The fraction of sp³-hybridized carbons (Fsp3) is 0.455. The van der Waals surface area contributed by atoms with Crippen molar-refractivity contribution in [3.63, 3.8) is 0 Å². The highest BCUT2D eigenvalue weighted by atomic mass is 16.3. The maximum atomic E-state index is 9.63. The van der Waals surface area contributed by atoms with Crippen LogP contribution in [-0.2, 0) is 0 Å². The first-order chi connectivity index (χ1) is 5.71. The minimum atomic E-state index is -0.309. The van der Waals surface area contributed by atoms with Gasteiger partial charge in [0.2, 0.25) is 0 Å². The SMILES string of the molecule is C=CCC1(C(C)O)C=CC=CC1. The van der Waals surface area contributed by atoms with Gasteiger partial charge in [0.05, 0.1) is 6.10 Å². The normalized spacial score (nSPS) is 30.2. The van der Waals surface area contributed by atoms with Crippen molar-refractivity contribution in [2.45, 2.75) is 25.9 Å². The highest BCUT2D eigenvalue weighted by Gasteiger charge is 2.30. The Bertz CT molecular complexity index is 209. The van der Waals surface area contributed by atoms with Crippen LogP contribution in [-0.4, -0.2) is 11.2 Å². The average Bonchev–Trinajstić information content (AvgIpc) is 2.06. The van der Waals surface area contributed by atoms with Crippen LogP contribution >= 0.6 is 0 Å². The molecule has 1 aliphatic carbocycles. The minimum Gasteiger partial charge on any atom is -0.392 e. The van der Waals surface area contributed by atoms with Crippen LogP contribution in [0.3, 0.4) is 0 Å². The third-order valence-electron chi connectivity index (χ3n) is 2.53. The van der Waals surface area contributed by atoms with Gasteiger partial charge < -0.3 is 5.11 Å². The van der Waals surface area contributed by atoms with E-state index >= 15 is 0 Å². The van der Waals surface area contributed by atoms with E-state index in [0.29, 0.717) is 0 Å². The molecule has 1 rings (SSSR count).